The van der Waals surface area contributed by atoms with E-state index in [1.807, 2.05) is 48.5 Å². The van der Waals surface area contributed by atoms with Gasteiger partial charge in [-0.3, -0.25) is 0 Å². The van der Waals surface area contributed by atoms with Gasteiger partial charge in [0.15, 0.2) is 0 Å². The number of piperidine rings is 1. The number of nitrogens with zero attached hydrogens (tertiary/aromatic N) is 1. The van der Waals surface area contributed by atoms with Crippen LogP contribution in [0.3, 0.4) is 0 Å². The van der Waals surface area contributed by atoms with Crippen LogP contribution in [0.15, 0.2) is 12.1 Å². The van der Waals surface area contributed by atoms with Crippen LogP contribution >= 0.6 is 0 Å². The van der Waals surface area contributed by atoms with Crippen molar-refractivity contribution in [3.8, 4) is 0 Å². The minimum absolute atomic E-state index is 0.168. The monoisotopic (exact) mass is 337 g/mol. The number of carbonyl (C=O) groups excluding carboxylic acids is 1. The van der Waals surface area contributed by atoms with Crippen molar-refractivity contribution in [3.63, 3.8) is 0 Å². The molecule has 0 N–H and O–H groups in total. The predicted octanol–water partition coefficient (Wildman–Crippen LogP) is 3.82. The molecule has 136 valence electrons. The first-order valence-electron chi connectivity index (χ1n) is 8.85. The lowest BCUT2D eigenvalue weighted by Crippen LogP contribution is -2.44. The SMILES string of the molecule is C=C(B1OC(C)(C)C(C)(C)O1)C1CCCN(C(=O)OC(C)(C)C)C1. The van der Waals surface area contributed by atoms with E-state index in [0.29, 0.717) is 6.54 Å². The number of rotatable bonds is 2. The number of carbonyl (C=O) groups is 1. The molecule has 0 aromatic rings. The normalized spacial score (nSPS) is 26.4. The van der Waals surface area contributed by atoms with Gasteiger partial charge >= 0.3 is 13.2 Å². The average Bonchev–Trinajstić information content (AvgIpc) is 2.65. The van der Waals surface area contributed by atoms with Crippen molar-refractivity contribution >= 4 is 13.2 Å². The Morgan fingerprint density at radius 2 is 1.75 bits per heavy atom. The Kier molecular flexibility index (Phi) is 5.13. The van der Waals surface area contributed by atoms with Crippen LogP contribution in [0.1, 0.15) is 61.3 Å². The molecule has 0 aromatic heterocycles. The van der Waals surface area contributed by atoms with E-state index in [9.17, 15) is 4.79 Å². The Bertz CT molecular complexity index is 494. The number of ether oxygens (including phenoxy) is 1. The van der Waals surface area contributed by atoms with E-state index in [1.165, 1.54) is 0 Å². The second-order valence-corrected chi connectivity index (χ2v) is 8.93. The predicted molar refractivity (Wildman–Crippen MR) is 95.8 cm³/mol. The van der Waals surface area contributed by atoms with Gasteiger partial charge in [0.05, 0.1) is 11.2 Å². The van der Waals surface area contributed by atoms with Gasteiger partial charge < -0.3 is 18.9 Å². The van der Waals surface area contributed by atoms with Crippen molar-refractivity contribution in [2.75, 3.05) is 13.1 Å². The molecule has 24 heavy (non-hydrogen) atoms. The number of amides is 1. The Balaban J connectivity index is 2.00. The standard InChI is InChI=1S/C18H32BNO4/c1-13(19-23-17(5,6)18(7,8)24-19)14-10-9-11-20(12-14)15(21)22-16(2,3)4/h14H,1,9-12H2,2-8H3. The van der Waals surface area contributed by atoms with Crippen molar-refractivity contribution < 1.29 is 18.8 Å². The molecule has 2 fully saturated rings. The van der Waals surface area contributed by atoms with E-state index < -0.39 is 12.7 Å². The van der Waals surface area contributed by atoms with E-state index in [-0.39, 0.29) is 23.2 Å². The molecule has 0 aliphatic carbocycles. The van der Waals surface area contributed by atoms with Crippen LogP contribution in [0, 0.1) is 5.92 Å². The van der Waals surface area contributed by atoms with E-state index in [0.717, 1.165) is 24.9 Å². The summed E-state index contributed by atoms with van der Waals surface area (Å²) in [4.78, 5) is 14.1. The topological polar surface area (TPSA) is 48.0 Å². The zero-order valence-electron chi connectivity index (χ0n) is 16.3. The summed E-state index contributed by atoms with van der Waals surface area (Å²) in [6, 6.07) is 0. The van der Waals surface area contributed by atoms with Crippen molar-refractivity contribution in [1.82, 2.24) is 4.90 Å². The molecule has 0 aromatic carbocycles. The van der Waals surface area contributed by atoms with Crippen LogP contribution in [0.4, 0.5) is 4.79 Å². The largest absolute Gasteiger partial charge is 0.490 e. The highest BCUT2D eigenvalue weighted by Crippen LogP contribution is 2.40. The third kappa shape index (κ3) is 4.15. The minimum atomic E-state index is -0.479. The average molecular weight is 337 g/mol. The molecule has 1 atom stereocenters. The van der Waals surface area contributed by atoms with Crippen molar-refractivity contribution in [3.05, 3.63) is 12.1 Å². The summed E-state index contributed by atoms with van der Waals surface area (Å²) < 4.78 is 17.7. The van der Waals surface area contributed by atoms with Crippen LogP contribution in [0.5, 0.6) is 0 Å². The summed E-state index contributed by atoms with van der Waals surface area (Å²) in [5.74, 6) is 0.168. The maximum absolute atomic E-state index is 12.3. The van der Waals surface area contributed by atoms with Crippen LogP contribution in [-0.4, -0.2) is 48.0 Å². The van der Waals surface area contributed by atoms with Crippen LogP contribution in [0.25, 0.3) is 0 Å². The fourth-order valence-corrected chi connectivity index (χ4v) is 2.96. The smallest absolute Gasteiger partial charge is 0.444 e. The van der Waals surface area contributed by atoms with Gasteiger partial charge in [-0.2, -0.15) is 0 Å². The molecule has 2 heterocycles. The van der Waals surface area contributed by atoms with Gasteiger partial charge in [0.25, 0.3) is 0 Å². The van der Waals surface area contributed by atoms with Crippen LogP contribution < -0.4 is 0 Å². The first-order chi connectivity index (χ1) is 10.8. The van der Waals surface area contributed by atoms with Gasteiger partial charge in [-0.1, -0.05) is 0 Å². The lowest BCUT2D eigenvalue weighted by Gasteiger charge is -2.35. The summed E-state index contributed by atoms with van der Waals surface area (Å²) in [6.45, 7) is 19.4. The van der Waals surface area contributed by atoms with Gasteiger partial charge in [0.1, 0.15) is 5.60 Å². The number of likely N-dealkylation sites (tertiary alicyclic amines) is 1. The molecule has 0 spiro atoms. The van der Waals surface area contributed by atoms with E-state index in [1.54, 1.807) is 4.90 Å². The summed E-state index contributed by atoms with van der Waals surface area (Å²) in [5.41, 5.74) is -0.311. The van der Waals surface area contributed by atoms with Crippen molar-refractivity contribution in [2.24, 2.45) is 5.92 Å². The highest BCUT2D eigenvalue weighted by Gasteiger charge is 2.53. The molecule has 5 nitrogen and oxygen atoms in total. The molecule has 1 amide bonds. The zero-order chi connectivity index (χ0) is 18.3. The molecule has 2 aliphatic heterocycles. The van der Waals surface area contributed by atoms with Crippen LogP contribution in [0.2, 0.25) is 0 Å². The van der Waals surface area contributed by atoms with Gasteiger partial charge in [-0.25, -0.2) is 4.79 Å². The number of hydrogen-bond acceptors (Lipinski definition) is 4. The van der Waals surface area contributed by atoms with Gasteiger partial charge in [-0.15, -0.1) is 6.58 Å². The molecular weight excluding hydrogens is 305 g/mol. The summed E-state index contributed by atoms with van der Waals surface area (Å²) in [5, 5.41) is 0. The second-order valence-electron chi connectivity index (χ2n) is 8.93. The van der Waals surface area contributed by atoms with Crippen molar-refractivity contribution in [1.29, 1.82) is 0 Å². The highest BCUT2D eigenvalue weighted by molar-refractivity contribution is 6.54. The molecule has 2 rings (SSSR count). The van der Waals surface area contributed by atoms with Crippen LogP contribution in [-0.2, 0) is 14.0 Å². The molecule has 0 radical (unpaired) electrons. The Morgan fingerprint density at radius 3 is 2.25 bits per heavy atom. The molecule has 0 bridgehead atoms. The summed E-state index contributed by atoms with van der Waals surface area (Å²) in [7, 11) is -0.418. The Labute approximate surface area is 146 Å². The second kappa shape index (κ2) is 6.38. The molecular formula is C18H32BNO4. The third-order valence-corrected chi connectivity index (χ3v) is 5.15. The molecule has 6 heteroatoms. The van der Waals surface area contributed by atoms with Gasteiger partial charge in [-0.05, 0) is 72.7 Å². The highest BCUT2D eigenvalue weighted by atomic mass is 16.7. The quantitative estimate of drug-likeness (QED) is 0.719. The maximum Gasteiger partial charge on any atom is 0.490 e. The summed E-state index contributed by atoms with van der Waals surface area (Å²) in [6.07, 6.45) is 1.67. The molecule has 0 saturated carbocycles. The fraction of sp³-hybridized carbons (Fsp3) is 0.833. The van der Waals surface area contributed by atoms with E-state index in [2.05, 4.69) is 6.58 Å². The zero-order valence-corrected chi connectivity index (χ0v) is 16.3. The molecule has 1 unspecified atom stereocenters. The number of hydrogen-bond donors (Lipinski definition) is 0. The van der Waals surface area contributed by atoms with E-state index in [4.69, 9.17) is 14.0 Å². The lowest BCUT2D eigenvalue weighted by molar-refractivity contribution is 0.00578. The minimum Gasteiger partial charge on any atom is -0.444 e. The first-order valence-corrected chi connectivity index (χ1v) is 8.85. The molecule has 2 aliphatic rings. The lowest BCUT2D eigenvalue weighted by atomic mass is 9.69. The molecule has 2 saturated heterocycles. The first kappa shape index (κ1) is 19.3. The van der Waals surface area contributed by atoms with Crippen molar-refractivity contribution in [2.45, 2.75) is 78.1 Å². The maximum atomic E-state index is 12.3. The van der Waals surface area contributed by atoms with E-state index >= 15 is 0 Å². The third-order valence-electron chi connectivity index (χ3n) is 5.15. The Hall–Kier alpha value is -1.01. The van der Waals surface area contributed by atoms with Gasteiger partial charge in [0.2, 0.25) is 0 Å². The fourth-order valence-electron chi connectivity index (χ4n) is 2.96. The van der Waals surface area contributed by atoms with Gasteiger partial charge in [0, 0.05) is 13.1 Å². The summed E-state index contributed by atoms with van der Waals surface area (Å²) >= 11 is 0. The Morgan fingerprint density at radius 1 is 1.21 bits per heavy atom.